The van der Waals surface area contributed by atoms with Gasteiger partial charge < -0.3 is 14.8 Å². The Balaban J connectivity index is 2.61. The van der Waals surface area contributed by atoms with Gasteiger partial charge >= 0.3 is 0 Å². The van der Waals surface area contributed by atoms with E-state index in [0.29, 0.717) is 12.5 Å². The van der Waals surface area contributed by atoms with E-state index < -0.39 is 0 Å². The van der Waals surface area contributed by atoms with Crippen molar-refractivity contribution in [1.82, 2.24) is 5.32 Å². The molecule has 0 fully saturated rings. The smallest absolute Gasteiger partial charge is 0.161 e. The summed E-state index contributed by atoms with van der Waals surface area (Å²) in [6, 6.07) is 5.95. The molecule has 4 heteroatoms. The lowest BCUT2D eigenvalue weighted by Crippen LogP contribution is -2.18. The quantitative estimate of drug-likeness (QED) is 0.791. The minimum Gasteiger partial charge on any atom is -0.493 e. The minimum absolute atomic E-state index is 0.435. The van der Waals surface area contributed by atoms with Gasteiger partial charge in [0, 0.05) is 12.1 Å². The lowest BCUT2D eigenvalue weighted by molar-refractivity contribution is 0.326. The first-order valence-electron chi connectivity index (χ1n) is 6.43. The number of hydrogen-bond donors (Lipinski definition) is 1. The Hall–Kier alpha value is -1.19. The summed E-state index contributed by atoms with van der Waals surface area (Å²) in [5, 5.41) is 3.40. The predicted molar refractivity (Wildman–Crippen MR) is 80.0 cm³/mol. The molecule has 0 saturated carbocycles. The number of ether oxygens (including phenoxy) is 2. The largest absolute Gasteiger partial charge is 0.493 e. The Bertz CT molecular complexity index is 405. The average Bonchev–Trinajstić information content (AvgIpc) is 2.39. The van der Waals surface area contributed by atoms with Gasteiger partial charge in [-0.25, -0.2) is 0 Å². The van der Waals surface area contributed by atoms with E-state index in [1.165, 1.54) is 11.1 Å². The third-order valence-corrected chi connectivity index (χ3v) is 2.71. The molecule has 3 nitrogen and oxygen atoms in total. The lowest BCUT2D eigenvalue weighted by atomic mass is 10.2. The van der Waals surface area contributed by atoms with Crippen LogP contribution < -0.4 is 14.8 Å². The van der Waals surface area contributed by atoms with Crippen LogP contribution in [0.2, 0.25) is 0 Å². The second kappa shape index (κ2) is 8.83. The van der Waals surface area contributed by atoms with E-state index in [9.17, 15) is 0 Å². The molecule has 1 N–H and O–H groups in total. The second-order valence-corrected chi connectivity index (χ2v) is 4.93. The van der Waals surface area contributed by atoms with Crippen molar-refractivity contribution in [2.75, 3.05) is 20.3 Å². The highest BCUT2D eigenvalue weighted by atomic mass is 35.5. The van der Waals surface area contributed by atoms with E-state index in [1.54, 1.807) is 13.2 Å². The third-order valence-electron chi connectivity index (χ3n) is 2.53. The van der Waals surface area contributed by atoms with E-state index in [2.05, 4.69) is 19.2 Å². The summed E-state index contributed by atoms with van der Waals surface area (Å²) in [4.78, 5) is 0. The van der Waals surface area contributed by atoms with Crippen molar-refractivity contribution < 1.29 is 9.47 Å². The number of methoxy groups -OCH3 is 1. The first-order chi connectivity index (χ1) is 9.17. The molecule has 0 aliphatic rings. The van der Waals surface area contributed by atoms with Crippen LogP contribution in [0.4, 0.5) is 0 Å². The molecular weight excluding hydrogens is 262 g/mol. The first-order valence-corrected chi connectivity index (χ1v) is 6.86. The van der Waals surface area contributed by atoms with Crippen LogP contribution in [-0.2, 0) is 6.54 Å². The van der Waals surface area contributed by atoms with Crippen molar-refractivity contribution in [3.8, 4) is 11.5 Å². The highest BCUT2D eigenvalue weighted by Gasteiger charge is 2.05. The molecule has 0 spiro atoms. The van der Waals surface area contributed by atoms with E-state index in [1.807, 2.05) is 18.2 Å². The molecule has 0 amide bonds. The fourth-order valence-corrected chi connectivity index (χ4v) is 1.69. The van der Waals surface area contributed by atoms with Crippen molar-refractivity contribution in [3.05, 3.63) is 35.4 Å². The van der Waals surface area contributed by atoms with Gasteiger partial charge in [0.15, 0.2) is 11.5 Å². The summed E-state index contributed by atoms with van der Waals surface area (Å²) < 4.78 is 10.9. The maximum absolute atomic E-state index is 5.55. The van der Waals surface area contributed by atoms with Gasteiger partial charge in [-0.1, -0.05) is 31.5 Å². The molecule has 0 atom stereocenters. The monoisotopic (exact) mass is 283 g/mol. The normalized spacial score (nSPS) is 11.2. The van der Waals surface area contributed by atoms with Crippen molar-refractivity contribution >= 4 is 11.6 Å². The van der Waals surface area contributed by atoms with E-state index >= 15 is 0 Å². The van der Waals surface area contributed by atoms with E-state index in [4.69, 9.17) is 21.1 Å². The van der Waals surface area contributed by atoms with Crippen molar-refractivity contribution in [2.24, 2.45) is 5.92 Å². The minimum atomic E-state index is 0.435. The highest BCUT2D eigenvalue weighted by Crippen LogP contribution is 2.28. The lowest BCUT2D eigenvalue weighted by Gasteiger charge is -2.12. The Morgan fingerprint density at radius 1 is 1.32 bits per heavy atom. The summed E-state index contributed by atoms with van der Waals surface area (Å²) in [5.74, 6) is 2.11. The Morgan fingerprint density at radius 3 is 2.74 bits per heavy atom. The van der Waals surface area contributed by atoms with Crippen LogP contribution in [0.15, 0.2) is 29.8 Å². The maximum Gasteiger partial charge on any atom is 0.161 e. The molecule has 106 valence electrons. The molecular formula is C15H22ClNO2. The van der Waals surface area contributed by atoms with Gasteiger partial charge in [0.25, 0.3) is 0 Å². The Labute approximate surface area is 120 Å². The van der Waals surface area contributed by atoms with Crippen LogP contribution in [0.5, 0.6) is 11.5 Å². The number of nitrogens with one attached hydrogen (secondary N) is 1. The number of halogens is 1. The van der Waals surface area contributed by atoms with Gasteiger partial charge in [-0.15, -0.1) is 0 Å². The van der Waals surface area contributed by atoms with E-state index in [-0.39, 0.29) is 0 Å². The number of rotatable bonds is 8. The molecule has 0 bridgehead atoms. The average molecular weight is 284 g/mol. The molecule has 1 aromatic rings. The van der Waals surface area contributed by atoms with Gasteiger partial charge in [-0.2, -0.15) is 0 Å². The summed E-state index contributed by atoms with van der Waals surface area (Å²) >= 11 is 5.45. The van der Waals surface area contributed by atoms with Crippen LogP contribution in [0.3, 0.4) is 0 Å². The second-order valence-electron chi connectivity index (χ2n) is 4.68. The van der Waals surface area contributed by atoms with Crippen LogP contribution in [0.1, 0.15) is 19.4 Å². The molecule has 19 heavy (non-hydrogen) atoms. The summed E-state index contributed by atoms with van der Waals surface area (Å²) in [6.07, 6.45) is 1.74. The van der Waals surface area contributed by atoms with Crippen molar-refractivity contribution in [1.29, 1.82) is 0 Å². The molecule has 1 rings (SSSR count). The molecule has 0 heterocycles. The first kappa shape index (κ1) is 15.9. The van der Waals surface area contributed by atoms with Crippen LogP contribution in [0, 0.1) is 5.92 Å². The molecule has 1 aromatic carbocycles. The standard InChI is InChI=1S/C15H22ClNO2/c1-12(2)10-17-11-13-5-6-14(15(9-13)18-3)19-8-4-7-16/h4-7,9,12,17H,8,10-11H2,1-3H3. The van der Waals surface area contributed by atoms with Crippen LogP contribution in [0.25, 0.3) is 0 Å². The molecule has 0 radical (unpaired) electrons. The molecule has 0 unspecified atom stereocenters. The zero-order chi connectivity index (χ0) is 14.1. The SMILES string of the molecule is COc1cc(CNCC(C)C)ccc1OCC=CCl. The Morgan fingerprint density at radius 2 is 2.11 bits per heavy atom. The molecule has 0 saturated heterocycles. The zero-order valence-corrected chi connectivity index (χ0v) is 12.5. The third kappa shape index (κ3) is 5.99. The topological polar surface area (TPSA) is 30.5 Å². The van der Waals surface area contributed by atoms with Gasteiger partial charge in [0.2, 0.25) is 0 Å². The zero-order valence-electron chi connectivity index (χ0n) is 11.8. The highest BCUT2D eigenvalue weighted by molar-refractivity contribution is 6.25. The molecule has 0 aliphatic heterocycles. The number of benzene rings is 1. The van der Waals surface area contributed by atoms with Gasteiger partial charge in [-0.05, 0) is 36.2 Å². The molecule has 0 aliphatic carbocycles. The number of hydrogen-bond acceptors (Lipinski definition) is 3. The van der Waals surface area contributed by atoms with Gasteiger partial charge in [0.05, 0.1) is 7.11 Å². The van der Waals surface area contributed by atoms with E-state index in [0.717, 1.165) is 24.6 Å². The maximum atomic E-state index is 5.55. The van der Waals surface area contributed by atoms with Crippen molar-refractivity contribution in [2.45, 2.75) is 20.4 Å². The summed E-state index contributed by atoms with van der Waals surface area (Å²) in [5.41, 5.74) is 2.62. The fraction of sp³-hybridized carbons (Fsp3) is 0.467. The van der Waals surface area contributed by atoms with Gasteiger partial charge in [-0.3, -0.25) is 0 Å². The fourth-order valence-electron chi connectivity index (χ4n) is 1.62. The van der Waals surface area contributed by atoms with Crippen LogP contribution >= 0.6 is 11.6 Å². The summed E-state index contributed by atoms with van der Waals surface area (Å²) in [7, 11) is 1.64. The molecule has 0 aromatic heterocycles. The van der Waals surface area contributed by atoms with Crippen molar-refractivity contribution in [3.63, 3.8) is 0 Å². The van der Waals surface area contributed by atoms with Crippen LogP contribution in [-0.4, -0.2) is 20.3 Å². The predicted octanol–water partition coefficient (Wildman–Crippen LogP) is 3.57. The Kier molecular flexibility index (Phi) is 7.38. The summed E-state index contributed by atoms with van der Waals surface area (Å²) in [6.45, 7) is 6.64. The van der Waals surface area contributed by atoms with Gasteiger partial charge in [0.1, 0.15) is 6.61 Å².